The molecule has 0 saturated heterocycles. The molecule has 0 aliphatic heterocycles. The first-order valence-electron chi connectivity index (χ1n) is 5.72. The van der Waals surface area contributed by atoms with Gasteiger partial charge in [0.2, 0.25) is 0 Å². The molecule has 2 heterocycles. The summed E-state index contributed by atoms with van der Waals surface area (Å²) in [6, 6.07) is 7.99. The zero-order chi connectivity index (χ0) is 13.4. The average Bonchev–Trinajstić information content (AvgIpc) is 2.95. The Bertz CT molecular complexity index is 720. The molecule has 0 bridgehead atoms. The number of hydrogen-bond donors (Lipinski definition) is 1. The number of aromatic nitrogens is 1. The van der Waals surface area contributed by atoms with Crippen molar-refractivity contribution in [2.45, 2.75) is 6.54 Å². The van der Waals surface area contributed by atoms with Crippen molar-refractivity contribution in [1.29, 1.82) is 0 Å². The van der Waals surface area contributed by atoms with Crippen molar-refractivity contribution >= 4 is 59.6 Å². The van der Waals surface area contributed by atoms with Crippen LogP contribution in [0.4, 0.5) is 10.8 Å². The Labute approximate surface area is 127 Å². The standard InChI is InChI=1S/C13H12BrN3S2/c1-17(6-10-4-8(14)7-18-10)13-16-11-3-2-9(15)5-12(11)19-13/h2-5,7H,6,15H2,1H3. The number of fused-ring (bicyclic) bond motifs is 1. The first-order chi connectivity index (χ1) is 9.11. The third-order valence-corrected chi connectivity index (χ3v) is 5.56. The zero-order valence-corrected chi connectivity index (χ0v) is 13.5. The van der Waals surface area contributed by atoms with Crippen molar-refractivity contribution in [2.24, 2.45) is 0 Å². The molecule has 0 atom stereocenters. The first-order valence-corrected chi connectivity index (χ1v) is 8.21. The third-order valence-electron chi connectivity index (χ3n) is 2.74. The molecule has 3 rings (SSSR count). The predicted octanol–water partition coefficient (Wildman–Crippen LogP) is 4.34. The SMILES string of the molecule is CN(Cc1cc(Br)cs1)c1nc2ccc(N)cc2s1. The summed E-state index contributed by atoms with van der Waals surface area (Å²) in [5.74, 6) is 0. The maximum absolute atomic E-state index is 5.80. The van der Waals surface area contributed by atoms with E-state index in [1.165, 1.54) is 4.88 Å². The van der Waals surface area contributed by atoms with E-state index in [0.29, 0.717) is 0 Å². The van der Waals surface area contributed by atoms with Crippen molar-refractivity contribution < 1.29 is 0 Å². The van der Waals surface area contributed by atoms with Crippen LogP contribution in [-0.4, -0.2) is 12.0 Å². The Morgan fingerprint density at radius 1 is 1.37 bits per heavy atom. The van der Waals surface area contributed by atoms with E-state index >= 15 is 0 Å². The average molecular weight is 354 g/mol. The minimum absolute atomic E-state index is 0.785. The molecule has 2 aromatic heterocycles. The number of benzene rings is 1. The summed E-state index contributed by atoms with van der Waals surface area (Å²) in [5.41, 5.74) is 7.59. The molecule has 0 fully saturated rings. The minimum Gasteiger partial charge on any atom is -0.399 e. The number of nitrogen functional groups attached to an aromatic ring is 1. The number of halogens is 1. The van der Waals surface area contributed by atoms with Gasteiger partial charge in [0.15, 0.2) is 5.13 Å². The normalized spacial score (nSPS) is 11.1. The van der Waals surface area contributed by atoms with Crippen molar-refractivity contribution in [2.75, 3.05) is 17.7 Å². The first kappa shape index (κ1) is 12.9. The maximum atomic E-state index is 5.80. The summed E-state index contributed by atoms with van der Waals surface area (Å²) in [4.78, 5) is 8.12. The van der Waals surface area contributed by atoms with Crippen molar-refractivity contribution in [3.8, 4) is 0 Å². The summed E-state index contributed by atoms with van der Waals surface area (Å²) in [6.07, 6.45) is 0. The van der Waals surface area contributed by atoms with Crippen LogP contribution in [0.3, 0.4) is 0 Å². The van der Waals surface area contributed by atoms with Gasteiger partial charge in [-0.15, -0.1) is 11.3 Å². The van der Waals surface area contributed by atoms with Crippen LogP contribution < -0.4 is 10.6 Å². The fourth-order valence-corrected chi connectivity index (χ4v) is 4.31. The lowest BCUT2D eigenvalue weighted by Crippen LogP contribution is -2.14. The molecule has 0 saturated carbocycles. The van der Waals surface area contributed by atoms with Gasteiger partial charge in [-0.05, 0) is 40.2 Å². The second-order valence-electron chi connectivity index (χ2n) is 4.31. The lowest BCUT2D eigenvalue weighted by Gasteiger charge is -2.13. The Hall–Kier alpha value is -1.11. The quantitative estimate of drug-likeness (QED) is 0.712. The topological polar surface area (TPSA) is 42.2 Å². The van der Waals surface area contributed by atoms with Gasteiger partial charge in [0.1, 0.15) is 0 Å². The van der Waals surface area contributed by atoms with Crippen LogP contribution >= 0.6 is 38.6 Å². The van der Waals surface area contributed by atoms with E-state index in [1.807, 2.05) is 18.2 Å². The van der Waals surface area contributed by atoms with E-state index in [4.69, 9.17) is 5.73 Å². The van der Waals surface area contributed by atoms with Crippen LogP contribution in [0, 0.1) is 0 Å². The number of rotatable bonds is 3. The highest BCUT2D eigenvalue weighted by molar-refractivity contribution is 9.10. The van der Waals surface area contributed by atoms with Crippen LogP contribution in [0.15, 0.2) is 34.1 Å². The van der Waals surface area contributed by atoms with Gasteiger partial charge < -0.3 is 10.6 Å². The van der Waals surface area contributed by atoms with E-state index in [9.17, 15) is 0 Å². The van der Waals surface area contributed by atoms with Crippen LogP contribution in [0.5, 0.6) is 0 Å². The number of nitrogens with zero attached hydrogens (tertiary/aromatic N) is 2. The van der Waals surface area contributed by atoms with Gasteiger partial charge in [-0.3, -0.25) is 0 Å². The fourth-order valence-electron chi connectivity index (χ4n) is 1.83. The van der Waals surface area contributed by atoms with Gasteiger partial charge in [0.05, 0.1) is 16.8 Å². The van der Waals surface area contributed by atoms with E-state index in [2.05, 4.69) is 44.3 Å². The van der Waals surface area contributed by atoms with Gasteiger partial charge in [0.25, 0.3) is 0 Å². The summed E-state index contributed by atoms with van der Waals surface area (Å²) in [7, 11) is 2.06. The summed E-state index contributed by atoms with van der Waals surface area (Å²) < 4.78 is 2.27. The monoisotopic (exact) mass is 353 g/mol. The molecule has 0 spiro atoms. The van der Waals surface area contributed by atoms with E-state index in [-0.39, 0.29) is 0 Å². The molecule has 1 aromatic carbocycles. The van der Waals surface area contributed by atoms with Gasteiger partial charge in [-0.1, -0.05) is 11.3 Å². The summed E-state index contributed by atoms with van der Waals surface area (Å²) >= 11 is 6.90. The van der Waals surface area contributed by atoms with Crippen molar-refractivity contribution in [3.05, 3.63) is 39.0 Å². The van der Waals surface area contributed by atoms with E-state index in [0.717, 1.165) is 32.1 Å². The molecular weight excluding hydrogens is 342 g/mol. The summed E-state index contributed by atoms with van der Waals surface area (Å²) in [6.45, 7) is 0.867. The predicted molar refractivity (Wildman–Crippen MR) is 88.2 cm³/mol. The van der Waals surface area contributed by atoms with Crippen molar-refractivity contribution in [3.63, 3.8) is 0 Å². The Morgan fingerprint density at radius 3 is 2.95 bits per heavy atom. The Balaban J connectivity index is 1.86. The largest absolute Gasteiger partial charge is 0.399 e. The van der Waals surface area contributed by atoms with Crippen molar-refractivity contribution in [1.82, 2.24) is 4.98 Å². The van der Waals surface area contributed by atoms with E-state index < -0.39 is 0 Å². The molecule has 3 aromatic rings. The lowest BCUT2D eigenvalue weighted by atomic mass is 10.3. The van der Waals surface area contributed by atoms with Crippen LogP contribution in [-0.2, 0) is 6.54 Å². The second kappa shape index (κ2) is 5.11. The van der Waals surface area contributed by atoms with Gasteiger partial charge in [-0.25, -0.2) is 4.98 Å². The zero-order valence-electron chi connectivity index (χ0n) is 10.3. The fraction of sp³-hybridized carbons (Fsp3) is 0.154. The molecule has 0 unspecified atom stereocenters. The summed E-state index contributed by atoms with van der Waals surface area (Å²) in [5, 5.41) is 3.12. The number of thiophene rings is 1. The molecule has 0 aliphatic rings. The smallest absolute Gasteiger partial charge is 0.186 e. The highest BCUT2D eigenvalue weighted by atomic mass is 79.9. The Morgan fingerprint density at radius 2 is 2.21 bits per heavy atom. The van der Waals surface area contributed by atoms with Crippen LogP contribution in [0.1, 0.15) is 4.88 Å². The lowest BCUT2D eigenvalue weighted by molar-refractivity contribution is 0.933. The molecule has 0 radical (unpaired) electrons. The van der Waals surface area contributed by atoms with Gasteiger partial charge in [0, 0.05) is 27.5 Å². The number of anilines is 2. The number of nitrogens with two attached hydrogens (primary N) is 1. The molecule has 6 heteroatoms. The molecule has 3 nitrogen and oxygen atoms in total. The molecule has 0 aliphatic carbocycles. The minimum atomic E-state index is 0.785. The van der Waals surface area contributed by atoms with Crippen LogP contribution in [0.25, 0.3) is 10.2 Å². The van der Waals surface area contributed by atoms with Gasteiger partial charge in [-0.2, -0.15) is 0 Å². The molecule has 19 heavy (non-hydrogen) atoms. The Kier molecular flexibility index (Phi) is 3.47. The third kappa shape index (κ3) is 2.75. The van der Waals surface area contributed by atoms with E-state index in [1.54, 1.807) is 22.7 Å². The number of thiazole rings is 1. The molecular formula is C13H12BrN3S2. The molecule has 0 amide bonds. The highest BCUT2D eigenvalue weighted by Crippen LogP contribution is 2.31. The van der Waals surface area contributed by atoms with Gasteiger partial charge >= 0.3 is 0 Å². The molecule has 98 valence electrons. The highest BCUT2D eigenvalue weighted by Gasteiger charge is 2.10. The number of hydrogen-bond acceptors (Lipinski definition) is 5. The maximum Gasteiger partial charge on any atom is 0.186 e. The van der Waals surface area contributed by atoms with Crippen LogP contribution in [0.2, 0.25) is 0 Å². The molecule has 2 N–H and O–H groups in total. The second-order valence-corrected chi connectivity index (χ2v) is 7.23.